The minimum absolute atomic E-state index is 0.286. The van der Waals surface area contributed by atoms with E-state index in [0.29, 0.717) is 0 Å². The van der Waals surface area contributed by atoms with E-state index in [4.69, 9.17) is 15.3 Å². The number of aromatic nitrogens is 2. The summed E-state index contributed by atoms with van der Waals surface area (Å²) < 4.78 is 10.2. The van der Waals surface area contributed by atoms with Crippen LogP contribution in [0.25, 0.3) is 0 Å². The zero-order valence-electron chi connectivity index (χ0n) is 8.18. The summed E-state index contributed by atoms with van der Waals surface area (Å²) in [6.45, 7) is 0. The Balaban J connectivity index is 2.81. The van der Waals surface area contributed by atoms with Gasteiger partial charge in [-0.05, 0) is 0 Å². The van der Waals surface area contributed by atoms with Gasteiger partial charge in [-0.15, -0.1) is 0 Å². The molecule has 0 bridgehead atoms. The molecule has 0 aliphatic heterocycles. The molecule has 1 heterocycles. The second-order valence-electron chi connectivity index (χ2n) is 2.66. The van der Waals surface area contributed by atoms with Crippen molar-refractivity contribution in [2.45, 2.75) is 12.3 Å². The third-order valence-electron chi connectivity index (χ3n) is 1.86. The van der Waals surface area contributed by atoms with Crippen molar-refractivity contribution in [2.75, 3.05) is 14.2 Å². The summed E-state index contributed by atoms with van der Waals surface area (Å²) in [5, 5.41) is 0. The van der Waals surface area contributed by atoms with Gasteiger partial charge >= 0.3 is 0 Å². The van der Waals surface area contributed by atoms with Crippen LogP contribution in [0.3, 0.4) is 0 Å². The van der Waals surface area contributed by atoms with Crippen LogP contribution in [-0.2, 0) is 9.47 Å². The van der Waals surface area contributed by atoms with E-state index in [0.717, 1.165) is 5.56 Å². The van der Waals surface area contributed by atoms with Crippen molar-refractivity contribution in [2.24, 2.45) is 5.84 Å². The minimum atomic E-state index is -0.467. The van der Waals surface area contributed by atoms with Crippen molar-refractivity contribution in [3.05, 3.63) is 24.3 Å². The van der Waals surface area contributed by atoms with Crippen LogP contribution >= 0.6 is 0 Å². The van der Waals surface area contributed by atoms with Gasteiger partial charge in [0.15, 0.2) is 6.29 Å². The van der Waals surface area contributed by atoms with Gasteiger partial charge in [0.1, 0.15) is 6.33 Å². The highest BCUT2D eigenvalue weighted by molar-refractivity contribution is 5.09. The van der Waals surface area contributed by atoms with Gasteiger partial charge in [0.25, 0.3) is 0 Å². The van der Waals surface area contributed by atoms with Crippen LogP contribution in [0.5, 0.6) is 0 Å². The molecule has 0 saturated carbocycles. The molecule has 0 aliphatic carbocycles. The lowest BCUT2D eigenvalue weighted by Crippen LogP contribution is -2.38. The summed E-state index contributed by atoms with van der Waals surface area (Å²) in [6.07, 6.45) is 4.29. The summed E-state index contributed by atoms with van der Waals surface area (Å²) in [4.78, 5) is 7.77. The van der Waals surface area contributed by atoms with Crippen LogP contribution in [0, 0.1) is 0 Å². The monoisotopic (exact) mass is 198 g/mol. The maximum Gasteiger partial charge on any atom is 0.177 e. The average molecular weight is 198 g/mol. The highest BCUT2D eigenvalue weighted by atomic mass is 16.7. The van der Waals surface area contributed by atoms with Crippen LogP contribution in [-0.4, -0.2) is 30.5 Å². The smallest absolute Gasteiger partial charge is 0.177 e. The Morgan fingerprint density at radius 1 is 1.29 bits per heavy atom. The first-order valence-corrected chi connectivity index (χ1v) is 4.10. The highest BCUT2D eigenvalue weighted by Crippen LogP contribution is 2.16. The topological polar surface area (TPSA) is 82.3 Å². The van der Waals surface area contributed by atoms with Gasteiger partial charge in [0.2, 0.25) is 0 Å². The van der Waals surface area contributed by atoms with Crippen molar-refractivity contribution >= 4 is 0 Å². The number of methoxy groups -OCH3 is 2. The zero-order chi connectivity index (χ0) is 10.4. The molecular formula is C8H14N4O2. The maximum absolute atomic E-state index is 5.39. The lowest BCUT2D eigenvalue weighted by atomic mass is 10.1. The molecule has 0 amide bonds. The Morgan fingerprint density at radius 2 is 1.86 bits per heavy atom. The molecule has 0 radical (unpaired) electrons. The SMILES string of the molecule is COC(OC)C(NN)c1cncnc1. The maximum atomic E-state index is 5.39. The molecule has 0 aliphatic rings. The Bertz CT molecular complexity index is 253. The molecular weight excluding hydrogens is 184 g/mol. The molecule has 0 spiro atoms. The molecule has 0 saturated heterocycles. The van der Waals surface area contributed by atoms with Crippen LogP contribution < -0.4 is 11.3 Å². The van der Waals surface area contributed by atoms with Crippen LogP contribution in [0.4, 0.5) is 0 Å². The lowest BCUT2D eigenvalue weighted by Gasteiger charge is -2.23. The first-order chi connectivity index (χ1) is 6.83. The zero-order valence-corrected chi connectivity index (χ0v) is 8.18. The number of rotatable bonds is 5. The molecule has 3 N–H and O–H groups in total. The predicted octanol–water partition coefficient (Wildman–Crippen LogP) is -0.400. The quantitative estimate of drug-likeness (QED) is 0.380. The predicted molar refractivity (Wildman–Crippen MR) is 49.9 cm³/mol. The molecule has 1 atom stereocenters. The van der Waals surface area contributed by atoms with Gasteiger partial charge in [0, 0.05) is 32.2 Å². The number of hydrogen-bond donors (Lipinski definition) is 2. The highest BCUT2D eigenvalue weighted by Gasteiger charge is 2.21. The number of hydrazine groups is 1. The average Bonchev–Trinajstić information content (AvgIpc) is 2.27. The number of ether oxygens (including phenoxy) is 2. The molecule has 0 aromatic carbocycles. The van der Waals surface area contributed by atoms with E-state index in [1.165, 1.54) is 6.33 Å². The fraction of sp³-hybridized carbons (Fsp3) is 0.500. The second-order valence-corrected chi connectivity index (χ2v) is 2.66. The van der Waals surface area contributed by atoms with E-state index in [1.54, 1.807) is 26.6 Å². The molecule has 14 heavy (non-hydrogen) atoms. The molecule has 6 nitrogen and oxygen atoms in total. The Kier molecular flexibility index (Phi) is 4.41. The summed E-state index contributed by atoms with van der Waals surface area (Å²) in [6, 6.07) is -0.286. The fourth-order valence-corrected chi connectivity index (χ4v) is 1.17. The van der Waals surface area contributed by atoms with Gasteiger partial charge in [0.05, 0.1) is 6.04 Å². The number of nitrogens with zero attached hydrogens (tertiary/aromatic N) is 2. The van der Waals surface area contributed by atoms with Crippen molar-refractivity contribution in [1.82, 2.24) is 15.4 Å². The molecule has 1 aromatic rings. The fourth-order valence-electron chi connectivity index (χ4n) is 1.17. The Labute approximate surface area is 82.4 Å². The van der Waals surface area contributed by atoms with Gasteiger partial charge in [-0.3, -0.25) is 5.84 Å². The number of hydrogen-bond acceptors (Lipinski definition) is 6. The van der Waals surface area contributed by atoms with Crippen molar-refractivity contribution in [1.29, 1.82) is 0 Å². The third-order valence-corrected chi connectivity index (χ3v) is 1.86. The second kappa shape index (κ2) is 5.61. The minimum Gasteiger partial charge on any atom is -0.354 e. The van der Waals surface area contributed by atoms with E-state index in [9.17, 15) is 0 Å². The van der Waals surface area contributed by atoms with Gasteiger partial charge < -0.3 is 9.47 Å². The normalized spacial score (nSPS) is 13.1. The van der Waals surface area contributed by atoms with Crippen molar-refractivity contribution < 1.29 is 9.47 Å². The summed E-state index contributed by atoms with van der Waals surface area (Å²) >= 11 is 0. The Morgan fingerprint density at radius 3 is 2.29 bits per heavy atom. The van der Waals surface area contributed by atoms with Crippen molar-refractivity contribution in [3.63, 3.8) is 0 Å². The van der Waals surface area contributed by atoms with E-state index in [1.807, 2.05) is 0 Å². The van der Waals surface area contributed by atoms with Crippen LogP contribution in [0.1, 0.15) is 11.6 Å². The molecule has 1 unspecified atom stereocenters. The molecule has 6 heteroatoms. The summed E-state index contributed by atoms with van der Waals surface area (Å²) in [7, 11) is 3.09. The first kappa shape index (κ1) is 11.0. The molecule has 1 aromatic heterocycles. The van der Waals surface area contributed by atoms with E-state index in [-0.39, 0.29) is 6.04 Å². The van der Waals surface area contributed by atoms with Gasteiger partial charge in [-0.25, -0.2) is 15.4 Å². The Hall–Kier alpha value is -1.08. The van der Waals surface area contributed by atoms with Crippen molar-refractivity contribution in [3.8, 4) is 0 Å². The van der Waals surface area contributed by atoms with Gasteiger partial charge in [-0.2, -0.15) is 0 Å². The largest absolute Gasteiger partial charge is 0.354 e. The summed E-state index contributed by atoms with van der Waals surface area (Å²) in [5.41, 5.74) is 3.40. The number of nitrogens with two attached hydrogens (primary N) is 1. The molecule has 78 valence electrons. The summed E-state index contributed by atoms with van der Waals surface area (Å²) in [5.74, 6) is 5.39. The molecule has 0 fully saturated rings. The lowest BCUT2D eigenvalue weighted by molar-refractivity contribution is -0.124. The van der Waals surface area contributed by atoms with Crippen LogP contribution in [0.2, 0.25) is 0 Å². The van der Waals surface area contributed by atoms with Crippen LogP contribution in [0.15, 0.2) is 18.7 Å². The number of nitrogens with one attached hydrogen (secondary N) is 1. The standard InChI is InChI=1S/C8H14N4O2/c1-13-8(14-2)7(12-9)6-3-10-5-11-4-6/h3-5,7-8,12H,9H2,1-2H3. The third kappa shape index (κ3) is 2.46. The molecule has 1 rings (SSSR count). The van der Waals surface area contributed by atoms with E-state index < -0.39 is 6.29 Å². The van der Waals surface area contributed by atoms with E-state index >= 15 is 0 Å². The van der Waals surface area contributed by atoms with Gasteiger partial charge in [-0.1, -0.05) is 0 Å². The first-order valence-electron chi connectivity index (χ1n) is 4.10. The van der Waals surface area contributed by atoms with E-state index in [2.05, 4.69) is 15.4 Å².